The predicted octanol–water partition coefficient (Wildman–Crippen LogP) is 0.350. The summed E-state index contributed by atoms with van der Waals surface area (Å²) in [5.41, 5.74) is 11.6. The highest BCUT2D eigenvalue weighted by atomic mass is 32.3. The molecule has 188 valence electrons. The Morgan fingerprint density at radius 2 is 2.00 bits per heavy atom. The number of benzene rings is 1. The second-order valence-electron chi connectivity index (χ2n) is 7.27. The van der Waals surface area contributed by atoms with E-state index in [-0.39, 0.29) is 42.0 Å². The van der Waals surface area contributed by atoms with Gasteiger partial charge in [-0.25, -0.2) is 4.98 Å². The number of nitrogens with zero attached hydrogens (tertiary/aromatic N) is 3. The van der Waals surface area contributed by atoms with Gasteiger partial charge < -0.3 is 21.0 Å². The average Bonchev–Trinajstić information content (AvgIpc) is 3.23. The number of hydrogen-bond acceptors (Lipinski definition) is 12. The Bertz CT molecular complexity index is 1240. The summed E-state index contributed by atoms with van der Waals surface area (Å²) < 4.78 is 40.1. The first kappa shape index (κ1) is 26.0. The zero-order valence-corrected chi connectivity index (χ0v) is 19.9. The number of nitrogens with one attached hydrogen (secondary N) is 1. The smallest absolute Gasteiger partial charge is 0.418 e. The number of amides is 1. The standard InChI is InChI=1S/C19H22N6O8S2/c1-10-13(18(27)25(10)33-35(28,29)30)8-15(26)16(14-9-34-19(22)23-14)24-32-7-6-31-12-4-2-11(3-5-12)17(20)21/h2-5,9-10,13H,6-8H2,1H3,(H3,20,21)(H2,22,23)(H,28,29,30)/b24-16-/t10-,13+/m1/s1. The number of carbonyl (C=O) groups excluding carboxylic acids is 2. The predicted molar refractivity (Wildman–Crippen MR) is 124 cm³/mol. The van der Waals surface area contributed by atoms with Gasteiger partial charge in [0.05, 0.1) is 12.0 Å². The summed E-state index contributed by atoms with van der Waals surface area (Å²) in [5.74, 6) is -1.82. The fourth-order valence-electron chi connectivity index (χ4n) is 3.09. The topological polar surface area (TPSA) is 221 Å². The number of nitrogen functional groups attached to an aromatic ring is 2. The van der Waals surface area contributed by atoms with E-state index >= 15 is 0 Å². The van der Waals surface area contributed by atoms with E-state index in [2.05, 4.69) is 14.4 Å². The van der Waals surface area contributed by atoms with Crippen LogP contribution in [-0.4, -0.2) is 65.5 Å². The fraction of sp³-hybridized carbons (Fsp3) is 0.316. The molecule has 0 aliphatic carbocycles. The van der Waals surface area contributed by atoms with Crippen molar-refractivity contribution in [1.29, 1.82) is 5.41 Å². The molecule has 1 aromatic carbocycles. The number of β-lactam (4-membered cyclic amide) rings is 1. The molecule has 1 aliphatic rings. The van der Waals surface area contributed by atoms with Gasteiger partial charge in [-0.05, 0) is 31.2 Å². The molecule has 1 aromatic heterocycles. The Kier molecular flexibility index (Phi) is 8.00. The summed E-state index contributed by atoms with van der Waals surface area (Å²) in [6.07, 6.45) is -0.329. The largest absolute Gasteiger partial charge is 0.490 e. The normalized spacial score (nSPS) is 18.2. The molecule has 0 radical (unpaired) electrons. The minimum atomic E-state index is -4.88. The Hall–Kier alpha value is -3.60. The Balaban J connectivity index is 1.60. The van der Waals surface area contributed by atoms with Crippen molar-refractivity contribution in [3.63, 3.8) is 0 Å². The third-order valence-corrected chi connectivity index (χ3v) is 5.88. The van der Waals surface area contributed by atoms with Crippen LogP contribution in [0.15, 0.2) is 34.8 Å². The molecule has 1 aliphatic heterocycles. The summed E-state index contributed by atoms with van der Waals surface area (Å²) in [7, 11) is -4.88. The number of Topliss-reactive ketones (excluding diaryl/α,β-unsaturated/α-hetero) is 1. The first-order chi connectivity index (χ1) is 16.5. The number of nitrogens with two attached hydrogens (primary N) is 2. The fourth-order valence-corrected chi connectivity index (χ4v) is 4.05. The maximum absolute atomic E-state index is 12.9. The lowest BCUT2D eigenvalue weighted by Gasteiger charge is -2.41. The Morgan fingerprint density at radius 3 is 2.54 bits per heavy atom. The molecule has 14 nitrogen and oxygen atoms in total. The van der Waals surface area contributed by atoms with Gasteiger partial charge in [0.25, 0.3) is 5.91 Å². The Labute approximate surface area is 203 Å². The number of hydroxylamine groups is 2. The van der Waals surface area contributed by atoms with Crippen LogP contribution in [0.2, 0.25) is 0 Å². The number of anilines is 1. The summed E-state index contributed by atoms with van der Waals surface area (Å²) >= 11 is 1.08. The quantitative estimate of drug-likeness (QED) is 0.0737. The van der Waals surface area contributed by atoms with E-state index in [0.717, 1.165) is 11.3 Å². The van der Waals surface area contributed by atoms with Gasteiger partial charge >= 0.3 is 10.4 Å². The van der Waals surface area contributed by atoms with Crippen molar-refractivity contribution in [2.75, 3.05) is 18.9 Å². The average molecular weight is 527 g/mol. The number of hydrogen-bond donors (Lipinski definition) is 4. The van der Waals surface area contributed by atoms with Crippen LogP contribution in [0, 0.1) is 11.3 Å². The molecule has 35 heavy (non-hydrogen) atoms. The second kappa shape index (κ2) is 10.8. The highest BCUT2D eigenvalue weighted by Crippen LogP contribution is 2.31. The van der Waals surface area contributed by atoms with E-state index in [1.165, 1.54) is 12.3 Å². The van der Waals surface area contributed by atoms with Crippen molar-refractivity contribution in [3.8, 4) is 5.75 Å². The highest BCUT2D eigenvalue weighted by Gasteiger charge is 2.49. The van der Waals surface area contributed by atoms with Crippen LogP contribution < -0.4 is 16.2 Å². The number of carbonyl (C=O) groups is 2. The molecule has 0 spiro atoms. The van der Waals surface area contributed by atoms with Gasteiger partial charge in [-0.15, -0.1) is 15.6 Å². The van der Waals surface area contributed by atoms with E-state index in [1.807, 2.05) is 0 Å². The summed E-state index contributed by atoms with van der Waals surface area (Å²) in [6.45, 7) is 1.52. The van der Waals surface area contributed by atoms with Crippen molar-refractivity contribution < 1.29 is 36.4 Å². The van der Waals surface area contributed by atoms with Gasteiger partial charge in [0, 0.05) is 17.4 Å². The third-order valence-electron chi connectivity index (χ3n) is 4.86. The van der Waals surface area contributed by atoms with Gasteiger partial charge in [-0.1, -0.05) is 5.16 Å². The number of ether oxygens (including phenoxy) is 1. The van der Waals surface area contributed by atoms with Gasteiger partial charge in [0.15, 0.2) is 23.2 Å². The molecular formula is C19H22N6O8S2. The van der Waals surface area contributed by atoms with Crippen molar-refractivity contribution in [1.82, 2.24) is 10.0 Å². The molecular weight excluding hydrogens is 504 g/mol. The van der Waals surface area contributed by atoms with Crippen molar-refractivity contribution in [2.45, 2.75) is 19.4 Å². The van der Waals surface area contributed by atoms with E-state index in [4.69, 9.17) is 31.0 Å². The van der Waals surface area contributed by atoms with E-state index in [9.17, 15) is 18.0 Å². The highest BCUT2D eigenvalue weighted by molar-refractivity contribution is 7.80. The molecule has 16 heteroatoms. The van der Waals surface area contributed by atoms with Crippen LogP contribution in [-0.2, 0) is 29.1 Å². The first-order valence-electron chi connectivity index (χ1n) is 9.98. The molecule has 6 N–H and O–H groups in total. The minimum absolute atomic E-state index is 0.0282. The number of ketones is 1. The van der Waals surface area contributed by atoms with Gasteiger partial charge in [0.1, 0.15) is 23.9 Å². The molecule has 0 unspecified atom stereocenters. The maximum atomic E-state index is 12.9. The van der Waals surface area contributed by atoms with Gasteiger partial charge in [-0.2, -0.15) is 13.5 Å². The number of oxime groups is 1. The van der Waals surface area contributed by atoms with Gasteiger partial charge in [-0.3, -0.25) is 19.6 Å². The second-order valence-corrected chi connectivity index (χ2v) is 9.17. The van der Waals surface area contributed by atoms with Crippen LogP contribution >= 0.6 is 11.3 Å². The van der Waals surface area contributed by atoms with Crippen molar-refractivity contribution >= 4 is 50.1 Å². The first-order valence-corrected chi connectivity index (χ1v) is 12.2. The lowest BCUT2D eigenvalue weighted by atomic mass is 9.85. The van der Waals surface area contributed by atoms with E-state index in [1.54, 1.807) is 24.3 Å². The summed E-state index contributed by atoms with van der Waals surface area (Å²) in [6, 6.07) is 5.74. The molecule has 1 saturated heterocycles. The maximum Gasteiger partial charge on any atom is 0.418 e. The third kappa shape index (κ3) is 6.72. The lowest BCUT2D eigenvalue weighted by molar-refractivity contribution is -0.204. The zero-order valence-electron chi connectivity index (χ0n) is 18.3. The summed E-state index contributed by atoms with van der Waals surface area (Å²) in [5, 5.41) is 13.4. The zero-order chi connectivity index (χ0) is 25.8. The number of rotatable bonds is 12. The molecule has 1 fully saturated rings. The van der Waals surface area contributed by atoms with Crippen molar-refractivity contribution in [2.24, 2.45) is 16.8 Å². The molecule has 0 bridgehead atoms. The number of amidine groups is 1. The van der Waals surface area contributed by atoms with Gasteiger partial charge in [0.2, 0.25) is 0 Å². The molecule has 0 saturated carbocycles. The van der Waals surface area contributed by atoms with Crippen LogP contribution in [0.3, 0.4) is 0 Å². The van der Waals surface area contributed by atoms with E-state index < -0.39 is 34.0 Å². The molecule has 1 amide bonds. The van der Waals surface area contributed by atoms with Crippen molar-refractivity contribution in [3.05, 3.63) is 40.9 Å². The molecule has 3 rings (SSSR count). The lowest BCUT2D eigenvalue weighted by Crippen LogP contribution is -2.60. The SMILES string of the molecule is C[C@@H]1[C@H](CC(=O)/C(=N\OCCOc2ccc(C(=N)N)cc2)c2csc(N)n2)C(=O)N1OS(=O)(=O)O. The monoisotopic (exact) mass is 526 g/mol. The number of aromatic nitrogens is 1. The van der Waals surface area contributed by atoms with Crippen LogP contribution in [0.5, 0.6) is 5.75 Å². The van der Waals surface area contributed by atoms with Crippen LogP contribution in [0.4, 0.5) is 5.13 Å². The summed E-state index contributed by atoms with van der Waals surface area (Å²) in [4.78, 5) is 34.3. The molecule has 2 atom stereocenters. The molecule has 2 heterocycles. The van der Waals surface area contributed by atoms with Crippen LogP contribution in [0.25, 0.3) is 0 Å². The number of thiazole rings is 1. The minimum Gasteiger partial charge on any atom is -0.490 e. The molecule has 2 aromatic rings. The van der Waals surface area contributed by atoms with E-state index in [0.29, 0.717) is 16.4 Å². The van der Waals surface area contributed by atoms with Crippen LogP contribution in [0.1, 0.15) is 24.6 Å². The Morgan fingerprint density at radius 1 is 1.31 bits per heavy atom.